The van der Waals surface area contributed by atoms with E-state index in [0.717, 1.165) is 108 Å². The summed E-state index contributed by atoms with van der Waals surface area (Å²) in [6.07, 6.45) is 40.7. The quantitative estimate of drug-likeness (QED) is 0.0222. The fourth-order valence-electron chi connectivity index (χ4n) is 10.3. The number of ether oxygens (including phenoxy) is 4. The number of carbonyl (C=O) groups excluding carboxylic acids is 4. The van der Waals surface area contributed by atoms with Gasteiger partial charge in [-0.15, -0.1) is 0 Å². The van der Waals surface area contributed by atoms with Crippen molar-refractivity contribution in [3.8, 4) is 0 Å². The van der Waals surface area contributed by atoms with E-state index in [9.17, 15) is 43.2 Å². The van der Waals surface area contributed by atoms with Gasteiger partial charge in [-0.05, 0) is 49.4 Å². The smallest absolute Gasteiger partial charge is 0.462 e. The van der Waals surface area contributed by atoms with Crippen molar-refractivity contribution in [1.29, 1.82) is 0 Å². The zero-order chi connectivity index (χ0) is 65.4. The molecule has 0 aromatic rings. The van der Waals surface area contributed by atoms with Gasteiger partial charge < -0.3 is 33.8 Å². The van der Waals surface area contributed by atoms with Gasteiger partial charge in [0, 0.05) is 25.7 Å². The van der Waals surface area contributed by atoms with Crippen LogP contribution in [0.4, 0.5) is 0 Å². The molecule has 0 spiro atoms. The summed E-state index contributed by atoms with van der Waals surface area (Å²) in [5, 5.41) is 10.6. The third-order valence-electron chi connectivity index (χ3n) is 15.8. The highest BCUT2D eigenvalue weighted by Gasteiger charge is 2.30. The van der Waals surface area contributed by atoms with Crippen LogP contribution in [0, 0.1) is 23.7 Å². The van der Waals surface area contributed by atoms with E-state index in [-0.39, 0.29) is 25.7 Å². The summed E-state index contributed by atoms with van der Waals surface area (Å²) < 4.78 is 68.1. The SMILES string of the molecule is CC(C)CCCCCCCCCCCCCCCCCC(=O)OC[C@H](COP(=O)(O)OCC(O)COP(=O)(O)OC[C@@H](COC(=O)CCCCCCCCCC(C)C)OC(=O)CCCCCCCCC(C)C)OC(=O)CCCCCCCCCCC(C)C. The summed E-state index contributed by atoms with van der Waals surface area (Å²) in [7, 11) is -9.90. The Morgan fingerprint density at radius 2 is 0.477 bits per heavy atom. The second kappa shape index (κ2) is 58.8. The van der Waals surface area contributed by atoms with Crippen molar-refractivity contribution in [2.45, 2.75) is 356 Å². The van der Waals surface area contributed by atoms with Gasteiger partial charge >= 0.3 is 39.5 Å². The van der Waals surface area contributed by atoms with Gasteiger partial charge in [0.2, 0.25) is 0 Å². The van der Waals surface area contributed by atoms with Gasteiger partial charge in [-0.3, -0.25) is 37.3 Å². The van der Waals surface area contributed by atoms with Crippen LogP contribution >= 0.6 is 15.6 Å². The number of esters is 4. The Balaban J connectivity index is 5.18. The van der Waals surface area contributed by atoms with Crippen molar-refractivity contribution < 1.29 is 80.2 Å². The van der Waals surface area contributed by atoms with Crippen LogP contribution in [0.2, 0.25) is 0 Å². The number of hydrogen-bond donors (Lipinski definition) is 3. The molecule has 17 nitrogen and oxygen atoms in total. The fourth-order valence-corrected chi connectivity index (χ4v) is 11.9. The zero-order valence-electron chi connectivity index (χ0n) is 57.3. The maximum atomic E-state index is 13.0. The minimum atomic E-state index is -4.95. The van der Waals surface area contributed by atoms with E-state index in [0.29, 0.717) is 37.5 Å². The van der Waals surface area contributed by atoms with Crippen LogP contribution in [0.15, 0.2) is 0 Å². The fraction of sp³-hybridized carbons (Fsp3) is 0.942. The van der Waals surface area contributed by atoms with E-state index in [1.807, 2.05) is 0 Å². The summed E-state index contributed by atoms with van der Waals surface area (Å²) in [6, 6.07) is 0. The van der Waals surface area contributed by atoms with Crippen molar-refractivity contribution in [2.75, 3.05) is 39.6 Å². The molecule has 19 heteroatoms. The molecule has 0 aromatic heterocycles. The molecule has 88 heavy (non-hydrogen) atoms. The molecule has 0 amide bonds. The molecule has 0 rings (SSSR count). The Labute approximate surface area is 537 Å². The van der Waals surface area contributed by atoms with E-state index in [4.69, 9.17) is 37.0 Å². The highest BCUT2D eigenvalue weighted by atomic mass is 31.2. The largest absolute Gasteiger partial charge is 0.472 e. The molecule has 0 bridgehead atoms. The van der Waals surface area contributed by atoms with Crippen molar-refractivity contribution in [1.82, 2.24) is 0 Å². The average Bonchev–Trinajstić information content (AvgIpc) is 3.67. The molecule has 0 heterocycles. The van der Waals surface area contributed by atoms with Crippen LogP contribution in [-0.2, 0) is 65.4 Å². The lowest BCUT2D eigenvalue weighted by atomic mass is 10.0. The molecule has 0 aliphatic heterocycles. The first kappa shape index (κ1) is 86.1. The highest BCUT2D eigenvalue weighted by molar-refractivity contribution is 7.47. The maximum absolute atomic E-state index is 13.0. The van der Waals surface area contributed by atoms with Crippen LogP contribution in [0.25, 0.3) is 0 Å². The van der Waals surface area contributed by atoms with Crippen molar-refractivity contribution in [2.24, 2.45) is 23.7 Å². The first-order valence-corrected chi connectivity index (χ1v) is 38.7. The first-order valence-electron chi connectivity index (χ1n) is 35.7. The predicted octanol–water partition coefficient (Wildman–Crippen LogP) is 19.3. The summed E-state index contributed by atoms with van der Waals surface area (Å²) in [4.78, 5) is 72.4. The molecule has 5 atom stereocenters. The van der Waals surface area contributed by atoms with Crippen LogP contribution in [0.1, 0.15) is 338 Å². The Morgan fingerprint density at radius 1 is 0.284 bits per heavy atom. The molecule has 0 aromatic carbocycles. The van der Waals surface area contributed by atoms with E-state index in [2.05, 4.69) is 55.4 Å². The third kappa shape index (κ3) is 62.8. The molecule has 0 aliphatic carbocycles. The van der Waals surface area contributed by atoms with Crippen LogP contribution in [0.5, 0.6) is 0 Å². The number of aliphatic hydroxyl groups is 1. The molecule has 0 radical (unpaired) electrons. The van der Waals surface area contributed by atoms with E-state index in [1.54, 1.807) is 0 Å². The second-order valence-corrected chi connectivity index (χ2v) is 29.7. The zero-order valence-corrected chi connectivity index (χ0v) is 59.1. The van der Waals surface area contributed by atoms with Gasteiger partial charge in [0.05, 0.1) is 26.4 Å². The van der Waals surface area contributed by atoms with Gasteiger partial charge in [0.1, 0.15) is 19.3 Å². The lowest BCUT2D eigenvalue weighted by Gasteiger charge is -2.21. The number of phosphoric acid groups is 2. The summed E-state index contributed by atoms with van der Waals surface area (Å²) in [5.74, 6) is 0.761. The minimum absolute atomic E-state index is 0.101. The van der Waals surface area contributed by atoms with Crippen molar-refractivity contribution >= 4 is 39.5 Å². The van der Waals surface area contributed by atoms with Gasteiger partial charge in [-0.1, -0.05) is 287 Å². The lowest BCUT2D eigenvalue weighted by Crippen LogP contribution is -2.30. The number of unbranched alkanes of at least 4 members (excludes halogenated alkanes) is 32. The number of carbonyl (C=O) groups is 4. The molecule has 522 valence electrons. The monoisotopic (exact) mass is 1300 g/mol. The number of hydrogen-bond acceptors (Lipinski definition) is 15. The Morgan fingerprint density at radius 3 is 0.705 bits per heavy atom. The third-order valence-corrected chi connectivity index (χ3v) is 17.7. The Bertz CT molecular complexity index is 1750. The summed E-state index contributed by atoms with van der Waals surface area (Å²) in [6.45, 7) is 14.0. The minimum Gasteiger partial charge on any atom is -0.462 e. The molecule has 3 N–H and O–H groups in total. The Kier molecular flexibility index (Phi) is 57.6. The number of phosphoric ester groups is 2. The summed E-state index contributed by atoms with van der Waals surface area (Å²) >= 11 is 0. The van der Waals surface area contributed by atoms with Crippen LogP contribution in [0.3, 0.4) is 0 Å². The second-order valence-electron chi connectivity index (χ2n) is 26.8. The van der Waals surface area contributed by atoms with Gasteiger partial charge in [-0.25, -0.2) is 9.13 Å². The van der Waals surface area contributed by atoms with Crippen molar-refractivity contribution in [3.63, 3.8) is 0 Å². The molecular weight excluding hydrogens is 1160 g/mol. The maximum Gasteiger partial charge on any atom is 0.472 e. The Hall–Kier alpha value is -1.94. The summed E-state index contributed by atoms with van der Waals surface area (Å²) in [5.41, 5.74) is 0. The molecule has 0 saturated heterocycles. The number of aliphatic hydroxyl groups excluding tert-OH is 1. The lowest BCUT2D eigenvalue weighted by molar-refractivity contribution is -0.161. The standard InChI is InChI=1S/C69H134O17P2/c1-59(2)45-37-29-21-16-14-12-10-9-11-13-15-17-24-33-41-49-66(71)79-55-64(85-68(73)51-43-35-25-19-18-22-30-38-46-60(3)4)57-83-87(75,76)81-53-63(70)54-82-88(77,78)84-58-65(86-69(74)52-44-36-28-27-32-40-48-62(7)8)56-80-67(72)50-42-34-26-20-23-31-39-47-61(5)6/h59-65,70H,9-58H2,1-8H3,(H,75,76)(H,77,78)/t63?,64-,65-/m1/s1. The van der Waals surface area contributed by atoms with Crippen LogP contribution < -0.4 is 0 Å². The molecule has 0 saturated carbocycles. The van der Waals surface area contributed by atoms with Gasteiger partial charge in [-0.2, -0.15) is 0 Å². The van der Waals surface area contributed by atoms with E-state index >= 15 is 0 Å². The highest BCUT2D eigenvalue weighted by Crippen LogP contribution is 2.45. The number of rotatable bonds is 66. The predicted molar refractivity (Wildman–Crippen MR) is 354 cm³/mol. The van der Waals surface area contributed by atoms with Gasteiger partial charge in [0.25, 0.3) is 0 Å². The first-order chi connectivity index (χ1) is 42.1. The van der Waals surface area contributed by atoms with Gasteiger partial charge in [0.15, 0.2) is 12.2 Å². The van der Waals surface area contributed by atoms with Crippen LogP contribution in [-0.4, -0.2) is 96.7 Å². The van der Waals surface area contributed by atoms with E-state index < -0.39 is 97.5 Å². The van der Waals surface area contributed by atoms with E-state index in [1.165, 1.54) is 135 Å². The molecule has 3 unspecified atom stereocenters. The topological polar surface area (TPSA) is 237 Å². The normalized spacial score (nSPS) is 14.3. The molecule has 0 aliphatic rings. The van der Waals surface area contributed by atoms with Crippen molar-refractivity contribution in [3.05, 3.63) is 0 Å². The average molecular weight is 1300 g/mol. The molecule has 0 fully saturated rings. The molecular formula is C69H134O17P2.